The zero-order valence-corrected chi connectivity index (χ0v) is 81.9. The van der Waals surface area contributed by atoms with Gasteiger partial charge in [0.1, 0.15) is 35.1 Å². The maximum absolute atomic E-state index is 13.2. The summed E-state index contributed by atoms with van der Waals surface area (Å²) in [7, 11) is 0. The van der Waals surface area contributed by atoms with Crippen LogP contribution in [0.2, 0.25) is 5.02 Å². The molecule has 0 saturated heterocycles. The van der Waals surface area contributed by atoms with Crippen molar-refractivity contribution in [3.63, 3.8) is 0 Å². The van der Waals surface area contributed by atoms with Crippen LogP contribution in [0.15, 0.2) is 258 Å². The number of nitrogens with one attached hydrogen (secondary N) is 8. The molecule has 18 rings (SSSR count). The van der Waals surface area contributed by atoms with Gasteiger partial charge in [0.25, 0.3) is 22.9 Å². The van der Waals surface area contributed by atoms with Gasteiger partial charge in [-0.15, -0.1) is 34.0 Å². The van der Waals surface area contributed by atoms with E-state index in [4.69, 9.17) is 21.5 Å². The van der Waals surface area contributed by atoms with E-state index in [1.165, 1.54) is 42.5 Å². The molecule has 1 aliphatic carbocycles. The fourth-order valence-electron chi connectivity index (χ4n) is 11.5. The number of H-pyrrole nitrogens is 6. The molecule has 1 aliphatic rings. The summed E-state index contributed by atoms with van der Waals surface area (Å²) in [5.41, 5.74) is 20.0. The van der Waals surface area contributed by atoms with E-state index in [9.17, 15) is 31.4 Å². The van der Waals surface area contributed by atoms with Crippen molar-refractivity contribution >= 4 is 103 Å². The van der Waals surface area contributed by atoms with Gasteiger partial charge in [-0.2, -0.15) is 28.1 Å². The molecule has 4 aromatic carbocycles. The molecule has 0 aliphatic heterocycles. The Morgan fingerprint density at radius 2 is 0.964 bits per heavy atom. The van der Waals surface area contributed by atoms with Crippen LogP contribution < -0.4 is 95.3 Å². The molecule has 0 spiro atoms. The fraction of sp³-hybridized carbons (Fsp3) is 0.118. The Morgan fingerprint density at radius 1 is 0.460 bits per heavy atom. The second kappa shape index (κ2) is 55.2. The maximum atomic E-state index is 13.2. The number of carbonyl (C=O) groups excluding carboxylic acids is 1. The number of rotatable bonds is 9. The summed E-state index contributed by atoms with van der Waals surface area (Å²) in [6.45, 7) is 12.0. The van der Waals surface area contributed by atoms with Gasteiger partial charge >= 0.3 is 6.18 Å². The van der Waals surface area contributed by atoms with Crippen LogP contribution in [0.25, 0.3) is 44.9 Å². The van der Waals surface area contributed by atoms with E-state index in [-0.39, 0.29) is 62.1 Å². The Hall–Kier alpha value is -13.9. The van der Waals surface area contributed by atoms with Crippen molar-refractivity contribution < 1.29 is 121 Å². The average molecular weight is 2050 g/mol. The van der Waals surface area contributed by atoms with E-state index in [2.05, 4.69) is 153 Å². The topological polar surface area (TPSA) is 259 Å². The largest absolute Gasteiger partial charge is 1.00 e. The molecule has 35 heteroatoms. The van der Waals surface area contributed by atoms with Gasteiger partial charge < -0.3 is 70.0 Å². The zero-order chi connectivity index (χ0) is 93.9. The zero-order valence-electron chi connectivity index (χ0n) is 73.2. The first kappa shape index (κ1) is 108. The third-order valence-electron chi connectivity index (χ3n) is 18.2. The van der Waals surface area contributed by atoms with Crippen molar-refractivity contribution in [1.82, 2.24) is 34.9 Å². The van der Waals surface area contributed by atoms with Gasteiger partial charge in [-0.05, 0) is 190 Å². The van der Waals surface area contributed by atoms with Crippen LogP contribution in [0.5, 0.6) is 0 Å². The van der Waals surface area contributed by atoms with Crippen LogP contribution in [-0.4, -0.2) is 58.2 Å². The molecule has 18 nitrogen and oxygen atoms in total. The Kier molecular flexibility index (Phi) is 43.7. The van der Waals surface area contributed by atoms with Crippen molar-refractivity contribution in [1.29, 1.82) is 0 Å². The molecule has 17 aromatic rings. The van der Waals surface area contributed by atoms with Crippen LogP contribution >= 0.6 is 79.6 Å². The Balaban J connectivity index is 0.000000198. The number of aromatic nitrogens is 13. The lowest BCUT2D eigenvalue weighted by molar-refractivity contribution is -0.383. The average Bonchev–Trinajstić information content (AvgIpc) is 1.47. The number of aromatic amines is 6. The molecule has 0 bridgehead atoms. The lowest BCUT2D eigenvalue weighted by atomic mass is 9.93. The molecule has 137 heavy (non-hydrogen) atoms. The van der Waals surface area contributed by atoms with E-state index in [1.807, 2.05) is 202 Å². The predicted molar refractivity (Wildman–Crippen MR) is 507 cm³/mol. The number of benzene rings is 4. The van der Waals surface area contributed by atoms with E-state index < -0.39 is 23.8 Å². The minimum atomic E-state index is -5.19. The van der Waals surface area contributed by atoms with Gasteiger partial charge in [0.2, 0.25) is 26.4 Å². The summed E-state index contributed by atoms with van der Waals surface area (Å²) in [6.07, 6.45) is 16.6. The number of carboxylic acid groups (broad SMARTS) is 1. The first-order valence-corrected chi connectivity index (χ1v) is 46.1. The van der Waals surface area contributed by atoms with Crippen LogP contribution in [0.1, 0.15) is 122 Å². The van der Waals surface area contributed by atoms with Gasteiger partial charge in [-0.3, -0.25) is 25.3 Å². The highest BCUT2D eigenvalue weighted by Crippen LogP contribution is 2.27. The lowest BCUT2D eigenvalue weighted by Gasteiger charge is -2.21. The monoisotopic (exact) mass is 2040 g/mol. The third kappa shape index (κ3) is 36.4. The van der Waals surface area contributed by atoms with Crippen molar-refractivity contribution in [2.75, 3.05) is 10.6 Å². The molecule has 9 N–H and O–H groups in total. The minimum Gasteiger partial charge on any atom is -1.00 e. The minimum absolute atomic E-state index is 0. The number of carboxylic acids is 1. The van der Waals surface area contributed by atoms with Gasteiger partial charge in [0.05, 0.1) is 95.5 Å². The van der Waals surface area contributed by atoms with Crippen molar-refractivity contribution in [2.45, 2.75) is 79.6 Å². The maximum Gasteiger partial charge on any atom is 0.430 e. The van der Waals surface area contributed by atoms with Gasteiger partial charge in [-0.1, -0.05) is 106 Å². The molecule has 13 aromatic heterocycles. The van der Waals surface area contributed by atoms with Crippen molar-refractivity contribution in [3.8, 4) is 116 Å². The predicted octanol–water partition coefficient (Wildman–Crippen LogP) is 6.64. The number of anilines is 3. The summed E-state index contributed by atoms with van der Waals surface area (Å²) >= 11 is 15.7. The van der Waals surface area contributed by atoms with Crippen LogP contribution in [0.3, 0.4) is 0 Å². The van der Waals surface area contributed by atoms with Crippen molar-refractivity contribution in [2.24, 2.45) is 0 Å². The lowest BCUT2D eigenvalue weighted by Crippen LogP contribution is -3.00. The molecule has 13 heterocycles. The van der Waals surface area contributed by atoms with Gasteiger partial charge in [0.15, 0.2) is 24.0 Å². The van der Waals surface area contributed by atoms with E-state index in [0.717, 1.165) is 161 Å². The second-order valence-corrected chi connectivity index (χ2v) is 35.3. The van der Waals surface area contributed by atoms with Gasteiger partial charge in [0, 0.05) is 142 Å². The molecular weight excluding hydrogens is 1970 g/mol. The van der Waals surface area contributed by atoms with Crippen LogP contribution in [0, 0.1) is 130 Å². The quantitative estimate of drug-likeness (QED) is 0.102. The molecule has 0 radical (unpaired) electrons. The van der Waals surface area contributed by atoms with E-state index in [0.29, 0.717) is 22.3 Å². The molecule has 692 valence electrons. The molecule has 1 saturated carbocycles. The number of aliphatic hydroxyl groups excluding tert-OH is 1. The number of alkyl halides is 3. The first-order chi connectivity index (χ1) is 64.3. The molecule has 0 atom stereocenters. The summed E-state index contributed by atoms with van der Waals surface area (Å²) in [5.74, 6) is 33.0. The summed E-state index contributed by atoms with van der Waals surface area (Å²) in [6, 6.07) is 49.5. The number of hydrogen-bond acceptors (Lipinski definition) is 18. The number of aliphatic carboxylic acids is 1. The summed E-state index contributed by atoms with van der Waals surface area (Å²) < 4.78 is 70.6. The number of nitrogens with zero attached hydrogens (tertiary/aromatic N) is 7. The number of carbonyl (C=O) groups is 1. The highest BCUT2D eigenvalue weighted by Gasteiger charge is 2.29. The van der Waals surface area contributed by atoms with Crippen LogP contribution in [0.4, 0.5) is 43.5 Å². The first-order valence-electron chi connectivity index (χ1n) is 40.4. The van der Waals surface area contributed by atoms with Crippen LogP contribution in [-0.2, 0) is 11.4 Å². The van der Waals surface area contributed by atoms with E-state index in [1.54, 1.807) is 129 Å². The molecule has 0 amide bonds. The number of aryl methyl sites for hydroxylation is 6. The number of thiazole rings is 6. The number of aliphatic hydroxyl groups is 1. The number of hydrogen-bond donors (Lipinski definition) is 3. The highest BCUT2D eigenvalue weighted by molar-refractivity contribution is 7.10. The normalized spacial score (nSPS) is 10.4. The Morgan fingerprint density at radius 3 is 1.43 bits per heavy atom. The molecule has 1 fully saturated rings. The smallest absolute Gasteiger partial charge is 0.430 e. The highest BCUT2D eigenvalue weighted by atomic mass is 35.5. The SMILES string of the molecule is Cc1[nH+]c(C#Cc2ccc(-c3ccc(F)cc3)[nH+]c2)cs1.Cc1[nH+]c(C#Cc2ccc(NC3CCC3)[nH+]c2)cs1.Cc1[nH+]c(C#Cc2cncc(Nc3cccnc3)c2)cs1.Cc1nc(C#Cc2ccc(-c3ccc(F)c(F)c3)nc2)cs1.Cc1nc(C#Cc2ccc(-c3ccccc3CO)[nH+]c2)cs1.Cc1nc(C#Cc2cncc(-c3cccc(Cl)c3)c2)cs1.O=C([O-])C(F)(F)F.[Cl-].[Cl-].[Cl-].[Cl-]. The third-order valence-corrected chi connectivity index (χ3v) is 23.2. The number of halogens is 11. The van der Waals surface area contributed by atoms with E-state index >= 15 is 0 Å². The number of pyridine rings is 7. The second-order valence-electron chi connectivity index (χ2n) is 28.5. The summed E-state index contributed by atoms with van der Waals surface area (Å²) in [5, 5.41) is 43.9. The fourth-order valence-corrected chi connectivity index (χ4v) is 15.1. The molecular formula is C102H79Cl5F6N15O3S6+. The Labute approximate surface area is 841 Å². The van der Waals surface area contributed by atoms with Crippen molar-refractivity contribution in [3.05, 3.63) is 384 Å². The van der Waals surface area contributed by atoms with Gasteiger partial charge in [-0.25, -0.2) is 43.1 Å². The summed E-state index contributed by atoms with van der Waals surface area (Å²) in [4.78, 5) is 57.7. The standard InChI is InChI=1S/C18H14N2OS.C17H11ClN2S.C17H10F2N2S.C17H11FN2S.C16H12N4S.C15H15N3S.C2HF3O2.4ClH/c1-13-20-16(12-22-13)8-6-14-7-9-18(19-10-14)17-5-3-2-4-15(17)11-21;1-12-20-17(11-21-12)6-5-13-7-15(10-19-9-13)14-3-2-4-16(18)8-14;1-11-21-14(10-22-11)5-2-12-3-7-17(20-9-12)13-4-6-15(18)16(19)8-13;1-12-20-16(11-21-12)8-2-13-3-9-17(19-10-13)14-4-6-15(18)7-5-14;1-12-19-15(11-21-12)5-4-13-7-16(10-18-8-13)20-14-3-2-6-17-9-14;1-11-17-14(10-19-11)7-5-12-6-8-15(16-9-12)18-13-3-2-4-13;3-2(4,5)1(6)7;;;;/h2-5,7,9-10,12,21H,11H2,1H3;2-4,7-11H,1H3;3-4,6-10H,1H3;3-7,9-11H,1H3;2-3,6-11,20H,1H3;6,8-10,13H,2-4H2,1H3,(H,16,18);(H,6,7);4*1H/p+1. The molecule has 0 unspecified atom stereocenters. The Bertz CT molecular complexity index is 7220.